The van der Waals surface area contributed by atoms with E-state index in [0.717, 1.165) is 12.8 Å². The van der Waals surface area contributed by atoms with Gasteiger partial charge in [0.25, 0.3) is 0 Å². The van der Waals surface area contributed by atoms with Crippen molar-refractivity contribution in [3.05, 3.63) is 11.9 Å². The van der Waals surface area contributed by atoms with Crippen LogP contribution < -0.4 is 11.6 Å². The predicted octanol–water partition coefficient (Wildman–Crippen LogP) is -0.00440. The summed E-state index contributed by atoms with van der Waals surface area (Å²) in [5, 5.41) is 19.8. The molecule has 0 spiro atoms. The first-order valence-corrected chi connectivity index (χ1v) is 9.64. The number of nitrogens with two attached hydrogens (primary N) is 2. The molecular weight excluding hydrogens is 352 g/mol. The summed E-state index contributed by atoms with van der Waals surface area (Å²) < 4.78 is 5.41. The van der Waals surface area contributed by atoms with E-state index < -0.39 is 18.1 Å². The molecule has 0 aliphatic carbocycles. The van der Waals surface area contributed by atoms with Crippen molar-refractivity contribution in [3.8, 4) is 0 Å². The van der Waals surface area contributed by atoms with E-state index in [9.17, 15) is 14.7 Å². The zero-order valence-corrected chi connectivity index (χ0v) is 15.8. The third-order valence-corrected chi connectivity index (χ3v) is 5.18. The van der Waals surface area contributed by atoms with Gasteiger partial charge in [-0.3, -0.25) is 9.59 Å². The Hall–Kier alpha value is -1.84. The van der Waals surface area contributed by atoms with Crippen LogP contribution in [0.15, 0.2) is 11.9 Å². The number of unbranched alkanes of at least 4 members (excludes halogenated alkanes) is 1. The molecule has 9 nitrogen and oxygen atoms in total. The van der Waals surface area contributed by atoms with E-state index in [-0.39, 0.29) is 18.2 Å². The van der Waals surface area contributed by atoms with Crippen molar-refractivity contribution >= 4 is 11.9 Å². The highest BCUT2D eigenvalue weighted by molar-refractivity contribution is 5.82. The molecule has 0 aromatic rings. The summed E-state index contributed by atoms with van der Waals surface area (Å²) in [4.78, 5) is 25.3. The van der Waals surface area contributed by atoms with Gasteiger partial charge in [0, 0.05) is 44.6 Å². The number of allylic oxidation sites excluding steroid dienone is 1. The molecule has 9 heteroatoms. The van der Waals surface area contributed by atoms with Crippen LogP contribution in [-0.4, -0.2) is 70.4 Å². The zero-order chi connectivity index (χ0) is 19.8. The Balaban J connectivity index is 2.01. The van der Waals surface area contributed by atoms with Crippen molar-refractivity contribution in [2.45, 2.75) is 57.1 Å². The van der Waals surface area contributed by atoms with Crippen LogP contribution in [0.25, 0.3) is 0 Å². The minimum Gasteiger partial charge on any atom is -0.481 e. The molecule has 6 N–H and O–H groups in total. The summed E-state index contributed by atoms with van der Waals surface area (Å²) in [6.45, 7) is 2.06. The standard InChI is InChI=1S/C18H32N4O5/c19-14(3-1-2-4-16(24)25)11-22(20)17(13-6-9-27-10-7-13)18(26)21-8-5-15(23)12-21/h11,13,15,17,23H,1-10,12,19-20H2,(H,24,25)/b14-11-. The van der Waals surface area contributed by atoms with Gasteiger partial charge < -0.3 is 30.6 Å². The molecule has 1 amide bonds. The van der Waals surface area contributed by atoms with Gasteiger partial charge in [-0.05, 0) is 44.4 Å². The fourth-order valence-corrected chi connectivity index (χ4v) is 3.67. The van der Waals surface area contributed by atoms with E-state index in [1.54, 1.807) is 11.1 Å². The number of ether oxygens (including phenoxy) is 1. The molecule has 2 aliphatic heterocycles. The minimum absolute atomic E-state index is 0.0602. The number of carbonyl (C=O) groups excluding carboxylic acids is 1. The van der Waals surface area contributed by atoms with Crippen LogP contribution >= 0.6 is 0 Å². The van der Waals surface area contributed by atoms with Crippen molar-refractivity contribution < 1.29 is 24.5 Å². The number of aliphatic hydroxyl groups is 1. The SMILES string of the molecule is N/C(=C\N(N)C(C(=O)N1CCC(O)C1)C1CCOCC1)CCCCC(=O)O. The summed E-state index contributed by atoms with van der Waals surface area (Å²) >= 11 is 0. The van der Waals surface area contributed by atoms with Gasteiger partial charge >= 0.3 is 5.97 Å². The van der Waals surface area contributed by atoms with E-state index in [4.69, 9.17) is 21.4 Å². The number of carboxylic acid groups (broad SMARTS) is 1. The van der Waals surface area contributed by atoms with Crippen LogP contribution in [0.4, 0.5) is 0 Å². The van der Waals surface area contributed by atoms with Crippen molar-refractivity contribution in [2.75, 3.05) is 26.3 Å². The average molecular weight is 384 g/mol. The summed E-state index contributed by atoms with van der Waals surface area (Å²) in [6, 6.07) is -0.545. The molecule has 154 valence electrons. The van der Waals surface area contributed by atoms with Crippen molar-refractivity contribution in [2.24, 2.45) is 17.5 Å². The van der Waals surface area contributed by atoms with Gasteiger partial charge in [0.1, 0.15) is 6.04 Å². The maximum atomic E-state index is 13.1. The third-order valence-electron chi connectivity index (χ3n) is 5.18. The number of hydrazine groups is 1. The van der Waals surface area contributed by atoms with E-state index in [2.05, 4.69) is 0 Å². The number of nitrogens with zero attached hydrogens (tertiary/aromatic N) is 2. The number of hydrogen-bond acceptors (Lipinski definition) is 7. The highest BCUT2D eigenvalue weighted by Crippen LogP contribution is 2.25. The number of β-amino-alcohol motifs (C(OH)–C–C–N with tert-alkyl or cyclic N) is 1. The quantitative estimate of drug-likeness (QED) is 0.247. The molecule has 2 aliphatic rings. The van der Waals surface area contributed by atoms with Crippen molar-refractivity contribution in [1.29, 1.82) is 0 Å². The normalized spacial score (nSPS) is 22.7. The lowest BCUT2D eigenvalue weighted by molar-refractivity contribution is -0.139. The second kappa shape index (κ2) is 10.5. The molecule has 2 unspecified atom stereocenters. The monoisotopic (exact) mass is 384 g/mol. The molecule has 0 bridgehead atoms. The molecule has 0 aromatic heterocycles. The molecule has 2 fully saturated rings. The first-order chi connectivity index (χ1) is 12.9. The number of likely N-dealkylation sites (tertiary alicyclic amines) is 1. The summed E-state index contributed by atoms with van der Waals surface area (Å²) in [6.07, 6.45) is 5.01. The Bertz CT molecular complexity index is 536. The van der Waals surface area contributed by atoms with Crippen LogP contribution in [0, 0.1) is 5.92 Å². The van der Waals surface area contributed by atoms with E-state index in [0.29, 0.717) is 57.7 Å². The second-order valence-electron chi connectivity index (χ2n) is 7.37. The number of aliphatic carboxylic acids is 1. The number of carboxylic acids is 1. The molecule has 27 heavy (non-hydrogen) atoms. The Morgan fingerprint density at radius 2 is 1.89 bits per heavy atom. The Labute approximate surface area is 159 Å². The largest absolute Gasteiger partial charge is 0.481 e. The smallest absolute Gasteiger partial charge is 0.303 e. The minimum atomic E-state index is -0.823. The Kier molecular flexibility index (Phi) is 8.33. The van der Waals surface area contributed by atoms with Crippen LogP contribution in [0.2, 0.25) is 0 Å². The highest BCUT2D eigenvalue weighted by Gasteiger charge is 2.37. The summed E-state index contributed by atoms with van der Waals surface area (Å²) in [5.41, 5.74) is 6.56. The predicted molar refractivity (Wildman–Crippen MR) is 98.9 cm³/mol. The molecule has 2 heterocycles. The molecule has 0 saturated carbocycles. The fourth-order valence-electron chi connectivity index (χ4n) is 3.67. The highest BCUT2D eigenvalue weighted by atomic mass is 16.5. The van der Waals surface area contributed by atoms with Gasteiger partial charge in [-0.1, -0.05) is 0 Å². The van der Waals surface area contributed by atoms with Gasteiger partial charge in [0.2, 0.25) is 5.91 Å². The molecular formula is C18H32N4O5. The lowest BCUT2D eigenvalue weighted by atomic mass is 9.90. The molecule has 2 atom stereocenters. The molecule has 0 radical (unpaired) electrons. The maximum Gasteiger partial charge on any atom is 0.303 e. The van der Waals surface area contributed by atoms with Crippen LogP contribution in [0.1, 0.15) is 44.9 Å². The van der Waals surface area contributed by atoms with Crippen molar-refractivity contribution in [1.82, 2.24) is 9.91 Å². The first-order valence-electron chi connectivity index (χ1n) is 9.64. The maximum absolute atomic E-state index is 13.1. The van der Waals surface area contributed by atoms with Crippen LogP contribution in [0.3, 0.4) is 0 Å². The Morgan fingerprint density at radius 3 is 2.48 bits per heavy atom. The van der Waals surface area contributed by atoms with Crippen molar-refractivity contribution in [3.63, 3.8) is 0 Å². The third kappa shape index (κ3) is 6.67. The van der Waals surface area contributed by atoms with Gasteiger partial charge in [-0.2, -0.15) is 0 Å². The molecule has 0 aromatic carbocycles. The van der Waals surface area contributed by atoms with Gasteiger partial charge in [0.05, 0.1) is 6.10 Å². The van der Waals surface area contributed by atoms with Crippen LogP contribution in [0.5, 0.6) is 0 Å². The second-order valence-corrected chi connectivity index (χ2v) is 7.37. The first kappa shape index (κ1) is 21.5. The molecule has 2 rings (SSSR count). The summed E-state index contributed by atoms with van der Waals surface area (Å²) in [5.74, 6) is 5.39. The summed E-state index contributed by atoms with van der Waals surface area (Å²) in [7, 11) is 0. The van der Waals surface area contributed by atoms with E-state index in [1.165, 1.54) is 5.01 Å². The topological polar surface area (TPSA) is 142 Å². The number of carbonyl (C=O) groups is 2. The van der Waals surface area contributed by atoms with E-state index in [1.807, 2.05) is 0 Å². The lowest BCUT2D eigenvalue weighted by Crippen LogP contribution is -2.54. The number of hydrogen-bond donors (Lipinski definition) is 4. The van der Waals surface area contributed by atoms with Gasteiger partial charge in [-0.15, -0.1) is 0 Å². The number of amides is 1. The van der Waals surface area contributed by atoms with Gasteiger partial charge in [-0.25, -0.2) is 5.84 Å². The lowest BCUT2D eigenvalue weighted by Gasteiger charge is -2.36. The molecule has 2 saturated heterocycles. The zero-order valence-electron chi connectivity index (χ0n) is 15.8. The average Bonchev–Trinajstić information content (AvgIpc) is 3.06. The fraction of sp³-hybridized carbons (Fsp3) is 0.778. The number of rotatable bonds is 9. The Morgan fingerprint density at radius 1 is 1.22 bits per heavy atom. The van der Waals surface area contributed by atoms with E-state index >= 15 is 0 Å². The number of aliphatic hydroxyl groups excluding tert-OH is 1. The van der Waals surface area contributed by atoms with Gasteiger partial charge in [0.15, 0.2) is 0 Å². The van der Waals surface area contributed by atoms with Crippen LogP contribution in [-0.2, 0) is 14.3 Å².